The summed E-state index contributed by atoms with van der Waals surface area (Å²) in [5.41, 5.74) is 1.05. The van der Waals surface area contributed by atoms with Crippen molar-refractivity contribution < 1.29 is 9.59 Å². The zero-order chi connectivity index (χ0) is 13.7. The van der Waals surface area contributed by atoms with Gasteiger partial charge in [-0.15, -0.1) is 0 Å². The minimum absolute atomic E-state index is 0.0745. The van der Waals surface area contributed by atoms with Crippen molar-refractivity contribution in [1.82, 2.24) is 10.6 Å². The number of benzene rings is 1. The molecule has 0 bridgehead atoms. The van der Waals surface area contributed by atoms with Gasteiger partial charge in [0.05, 0.1) is 0 Å². The number of amides is 2. The quantitative estimate of drug-likeness (QED) is 0.843. The van der Waals surface area contributed by atoms with Gasteiger partial charge >= 0.3 is 0 Å². The SMILES string of the molecule is CSCC[C@@H]1NC(=O)[C@H](Cc2ccccc2)NC1=O. The summed E-state index contributed by atoms with van der Waals surface area (Å²) >= 11 is 1.67. The first-order chi connectivity index (χ1) is 9.20. The lowest BCUT2D eigenvalue weighted by Gasteiger charge is -2.29. The third-order valence-corrected chi connectivity index (χ3v) is 3.80. The first-order valence-corrected chi connectivity index (χ1v) is 7.73. The van der Waals surface area contributed by atoms with Crippen LogP contribution in [0.15, 0.2) is 30.3 Å². The largest absolute Gasteiger partial charge is 0.342 e. The van der Waals surface area contributed by atoms with E-state index in [1.807, 2.05) is 36.6 Å². The van der Waals surface area contributed by atoms with Crippen molar-refractivity contribution in [2.24, 2.45) is 0 Å². The maximum atomic E-state index is 12.0. The molecule has 0 saturated carbocycles. The fraction of sp³-hybridized carbons (Fsp3) is 0.429. The van der Waals surface area contributed by atoms with E-state index in [-0.39, 0.29) is 17.9 Å². The molecule has 0 spiro atoms. The Bertz CT molecular complexity index is 450. The van der Waals surface area contributed by atoms with Crippen LogP contribution < -0.4 is 10.6 Å². The monoisotopic (exact) mass is 278 g/mol. The molecule has 1 fully saturated rings. The molecule has 0 unspecified atom stereocenters. The highest BCUT2D eigenvalue weighted by Crippen LogP contribution is 2.09. The van der Waals surface area contributed by atoms with Crippen LogP contribution in [0.5, 0.6) is 0 Å². The predicted molar refractivity (Wildman–Crippen MR) is 77.0 cm³/mol. The van der Waals surface area contributed by atoms with Crippen LogP contribution in [0.25, 0.3) is 0 Å². The lowest BCUT2D eigenvalue weighted by molar-refractivity contribution is -0.136. The molecule has 0 aliphatic carbocycles. The van der Waals surface area contributed by atoms with Crippen molar-refractivity contribution in [2.75, 3.05) is 12.0 Å². The van der Waals surface area contributed by atoms with E-state index < -0.39 is 6.04 Å². The second-order valence-corrected chi connectivity index (χ2v) is 5.58. The Morgan fingerprint density at radius 3 is 2.37 bits per heavy atom. The van der Waals surface area contributed by atoms with Gasteiger partial charge in [-0.25, -0.2) is 0 Å². The highest BCUT2D eigenvalue weighted by Gasteiger charge is 2.32. The molecule has 1 aromatic carbocycles. The van der Waals surface area contributed by atoms with Gasteiger partial charge in [0, 0.05) is 6.42 Å². The van der Waals surface area contributed by atoms with Crippen LogP contribution >= 0.6 is 11.8 Å². The zero-order valence-electron chi connectivity index (χ0n) is 10.9. The normalized spacial score (nSPS) is 22.8. The van der Waals surface area contributed by atoms with Gasteiger partial charge in [-0.05, 0) is 24.0 Å². The topological polar surface area (TPSA) is 58.2 Å². The number of hydrogen-bond acceptors (Lipinski definition) is 3. The van der Waals surface area contributed by atoms with Crippen molar-refractivity contribution in [3.63, 3.8) is 0 Å². The lowest BCUT2D eigenvalue weighted by Crippen LogP contribution is -2.62. The molecular weight excluding hydrogens is 260 g/mol. The molecule has 1 heterocycles. The molecular formula is C14H18N2O2S. The van der Waals surface area contributed by atoms with E-state index in [9.17, 15) is 9.59 Å². The summed E-state index contributed by atoms with van der Waals surface area (Å²) in [5, 5.41) is 5.62. The highest BCUT2D eigenvalue weighted by molar-refractivity contribution is 7.98. The van der Waals surface area contributed by atoms with Gasteiger partial charge in [0.15, 0.2) is 0 Å². The molecule has 1 aliphatic heterocycles. The first-order valence-electron chi connectivity index (χ1n) is 6.34. The van der Waals surface area contributed by atoms with Crippen LogP contribution in [0.4, 0.5) is 0 Å². The summed E-state index contributed by atoms with van der Waals surface area (Å²) in [6.45, 7) is 0. The summed E-state index contributed by atoms with van der Waals surface area (Å²) in [4.78, 5) is 23.9. The van der Waals surface area contributed by atoms with Crippen molar-refractivity contribution in [3.05, 3.63) is 35.9 Å². The van der Waals surface area contributed by atoms with Crippen LogP contribution in [-0.4, -0.2) is 35.9 Å². The predicted octanol–water partition coefficient (Wildman–Crippen LogP) is 0.965. The van der Waals surface area contributed by atoms with Crippen LogP contribution in [-0.2, 0) is 16.0 Å². The van der Waals surface area contributed by atoms with Gasteiger partial charge in [-0.2, -0.15) is 11.8 Å². The zero-order valence-corrected chi connectivity index (χ0v) is 11.7. The van der Waals surface area contributed by atoms with E-state index in [0.29, 0.717) is 12.8 Å². The smallest absolute Gasteiger partial charge is 0.243 e. The van der Waals surface area contributed by atoms with Gasteiger partial charge in [0.2, 0.25) is 11.8 Å². The molecule has 0 radical (unpaired) electrons. The molecule has 102 valence electrons. The van der Waals surface area contributed by atoms with E-state index in [1.165, 1.54) is 0 Å². The summed E-state index contributed by atoms with van der Waals surface area (Å²) in [6, 6.07) is 8.87. The maximum Gasteiger partial charge on any atom is 0.243 e. The van der Waals surface area contributed by atoms with Gasteiger partial charge in [-0.3, -0.25) is 9.59 Å². The fourth-order valence-electron chi connectivity index (χ4n) is 2.11. The number of piperazine rings is 1. The number of carbonyl (C=O) groups excluding carboxylic acids is 2. The Balaban J connectivity index is 1.95. The molecule has 4 nitrogen and oxygen atoms in total. The Morgan fingerprint density at radius 1 is 1.05 bits per heavy atom. The van der Waals surface area contributed by atoms with Crippen LogP contribution in [0, 0.1) is 0 Å². The molecule has 2 rings (SSSR count). The Hall–Kier alpha value is -1.49. The molecule has 19 heavy (non-hydrogen) atoms. The lowest BCUT2D eigenvalue weighted by atomic mass is 10.0. The van der Waals surface area contributed by atoms with Crippen LogP contribution in [0.3, 0.4) is 0 Å². The van der Waals surface area contributed by atoms with Crippen LogP contribution in [0.1, 0.15) is 12.0 Å². The van der Waals surface area contributed by atoms with Crippen molar-refractivity contribution in [3.8, 4) is 0 Å². The third kappa shape index (κ3) is 3.73. The second kappa shape index (κ2) is 6.61. The number of hydrogen-bond donors (Lipinski definition) is 2. The summed E-state index contributed by atoms with van der Waals surface area (Å²) in [6.07, 6.45) is 3.20. The van der Waals surface area contributed by atoms with E-state index in [4.69, 9.17) is 0 Å². The van der Waals surface area contributed by atoms with Crippen molar-refractivity contribution in [1.29, 1.82) is 0 Å². The van der Waals surface area contributed by atoms with Gasteiger partial charge in [0.25, 0.3) is 0 Å². The molecule has 2 N–H and O–H groups in total. The maximum absolute atomic E-state index is 12.0. The number of carbonyl (C=O) groups is 2. The second-order valence-electron chi connectivity index (χ2n) is 4.59. The molecule has 5 heteroatoms. The average Bonchev–Trinajstić information content (AvgIpc) is 2.42. The highest BCUT2D eigenvalue weighted by atomic mass is 32.2. The van der Waals surface area contributed by atoms with E-state index in [0.717, 1.165) is 11.3 Å². The van der Waals surface area contributed by atoms with Crippen molar-refractivity contribution >= 4 is 23.6 Å². The molecule has 1 aromatic rings. The average molecular weight is 278 g/mol. The third-order valence-electron chi connectivity index (χ3n) is 3.16. The molecule has 2 atom stereocenters. The minimum Gasteiger partial charge on any atom is -0.342 e. The molecule has 0 aromatic heterocycles. The summed E-state index contributed by atoms with van der Waals surface area (Å²) < 4.78 is 0. The Labute approximate surface area is 117 Å². The van der Waals surface area contributed by atoms with Gasteiger partial charge in [0.1, 0.15) is 12.1 Å². The van der Waals surface area contributed by atoms with Crippen LogP contribution in [0.2, 0.25) is 0 Å². The van der Waals surface area contributed by atoms with Gasteiger partial charge in [-0.1, -0.05) is 30.3 Å². The van der Waals surface area contributed by atoms with E-state index >= 15 is 0 Å². The standard InChI is InChI=1S/C14H18N2O2S/c1-19-8-7-11-13(17)16-12(14(18)15-11)9-10-5-3-2-4-6-10/h2-6,11-12H,7-9H2,1H3,(H,15,18)(H,16,17)/t11-,12-/m0/s1. The van der Waals surface area contributed by atoms with E-state index in [2.05, 4.69) is 10.6 Å². The minimum atomic E-state index is -0.458. The Kier molecular flexibility index (Phi) is 4.85. The summed E-state index contributed by atoms with van der Waals surface area (Å²) in [7, 11) is 0. The molecule has 1 aliphatic rings. The number of rotatable bonds is 5. The number of thioether (sulfide) groups is 1. The van der Waals surface area contributed by atoms with Crippen molar-refractivity contribution in [2.45, 2.75) is 24.9 Å². The summed E-state index contributed by atoms with van der Waals surface area (Å²) in [5.74, 6) is 0.700. The number of nitrogens with one attached hydrogen (secondary N) is 2. The molecule has 1 saturated heterocycles. The molecule has 2 amide bonds. The first kappa shape index (κ1) is 13.9. The van der Waals surface area contributed by atoms with E-state index in [1.54, 1.807) is 11.8 Å². The Morgan fingerprint density at radius 2 is 1.68 bits per heavy atom. The fourth-order valence-corrected chi connectivity index (χ4v) is 2.58. The van der Waals surface area contributed by atoms with Gasteiger partial charge < -0.3 is 10.6 Å².